The average molecular weight is 277 g/mol. The molecule has 0 bridgehead atoms. The molecule has 1 saturated carbocycles. The van der Waals surface area contributed by atoms with Gasteiger partial charge in [0.1, 0.15) is 5.69 Å². The van der Waals surface area contributed by atoms with Crippen molar-refractivity contribution in [1.82, 2.24) is 15.6 Å². The summed E-state index contributed by atoms with van der Waals surface area (Å²) >= 11 is 0. The third kappa shape index (κ3) is 3.07. The molecule has 20 heavy (non-hydrogen) atoms. The lowest BCUT2D eigenvalue weighted by atomic mass is 10.1. The summed E-state index contributed by atoms with van der Waals surface area (Å²) in [6, 6.07) is 0.276. The largest absolute Gasteiger partial charge is 0.354 e. The average Bonchev–Trinajstić information content (AvgIpc) is 3.11. The van der Waals surface area contributed by atoms with Crippen LogP contribution in [0.5, 0.6) is 0 Å². The molecule has 3 N–H and O–H groups in total. The quantitative estimate of drug-likeness (QED) is 0.697. The van der Waals surface area contributed by atoms with Crippen molar-refractivity contribution in [1.29, 1.82) is 0 Å². The number of hydrogen-bond donors (Lipinski definition) is 3. The number of Topliss-reactive ketones (excluding diaryl/α,β-unsaturated/α-hetero) is 1. The van der Waals surface area contributed by atoms with E-state index in [0.29, 0.717) is 22.5 Å². The van der Waals surface area contributed by atoms with Crippen LogP contribution in [0.4, 0.5) is 0 Å². The molecule has 1 heterocycles. The van der Waals surface area contributed by atoms with E-state index in [1.165, 1.54) is 6.92 Å². The second-order valence-electron chi connectivity index (χ2n) is 5.21. The number of nitrogens with one attached hydrogen (secondary N) is 3. The van der Waals surface area contributed by atoms with E-state index in [1.54, 1.807) is 13.8 Å². The maximum absolute atomic E-state index is 12.0. The molecule has 1 fully saturated rings. The van der Waals surface area contributed by atoms with Crippen LogP contribution in [0.2, 0.25) is 0 Å². The van der Waals surface area contributed by atoms with Gasteiger partial charge in [0.2, 0.25) is 5.91 Å². The molecule has 1 aliphatic rings. The molecule has 0 atom stereocenters. The van der Waals surface area contributed by atoms with E-state index >= 15 is 0 Å². The molecule has 0 aliphatic heterocycles. The Kier molecular flexibility index (Phi) is 3.92. The summed E-state index contributed by atoms with van der Waals surface area (Å²) in [6.07, 6.45) is 2.02. The maximum Gasteiger partial charge on any atom is 0.268 e. The smallest absolute Gasteiger partial charge is 0.268 e. The summed E-state index contributed by atoms with van der Waals surface area (Å²) in [4.78, 5) is 37.9. The molecular formula is C14H19N3O3. The summed E-state index contributed by atoms with van der Waals surface area (Å²) in [5, 5.41) is 5.35. The molecule has 0 spiro atoms. The minimum Gasteiger partial charge on any atom is -0.354 e. The predicted molar refractivity (Wildman–Crippen MR) is 73.8 cm³/mol. The van der Waals surface area contributed by atoms with Crippen LogP contribution in [0.25, 0.3) is 0 Å². The van der Waals surface area contributed by atoms with Crippen LogP contribution in [0.1, 0.15) is 51.9 Å². The molecule has 1 aromatic rings. The van der Waals surface area contributed by atoms with E-state index in [4.69, 9.17) is 0 Å². The standard InChI is InChI=1S/C14H19N3O3/c1-7-12(9(3)18)8(2)16-13(7)14(20)15-6-11(19)17-10-4-5-10/h10,16H,4-6H2,1-3H3,(H,15,20)(H,17,19). The van der Waals surface area contributed by atoms with E-state index in [0.717, 1.165) is 12.8 Å². The first kappa shape index (κ1) is 14.3. The number of aromatic nitrogens is 1. The molecule has 6 nitrogen and oxygen atoms in total. The molecule has 0 radical (unpaired) electrons. The van der Waals surface area contributed by atoms with Gasteiger partial charge in [0.15, 0.2) is 5.78 Å². The Bertz CT molecular complexity index is 570. The number of carbonyl (C=O) groups excluding carboxylic acids is 3. The molecule has 108 valence electrons. The van der Waals surface area contributed by atoms with Crippen molar-refractivity contribution in [2.75, 3.05) is 6.54 Å². The van der Waals surface area contributed by atoms with Crippen LogP contribution in [0, 0.1) is 13.8 Å². The van der Waals surface area contributed by atoms with Crippen LogP contribution in [-0.2, 0) is 4.79 Å². The highest BCUT2D eigenvalue weighted by atomic mass is 16.2. The minimum absolute atomic E-state index is 0.0533. The number of H-pyrrole nitrogens is 1. The maximum atomic E-state index is 12.0. The van der Waals surface area contributed by atoms with Gasteiger partial charge in [-0.15, -0.1) is 0 Å². The highest BCUT2D eigenvalue weighted by molar-refractivity contribution is 6.03. The fourth-order valence-electron chi connectivity index (χ4n) is 2.26. The number of aromatic amines is 1. The van der Waals surface area contributed by atoms with Gasteiger partial charge in [-0.1, -0.05) is 0 Å². The Morgan fingerprint density at radius 2 is 1.90 bits per heavy atom. The molecule has 0 aromatic carbocycles. The molecule has 2 amide bonds. The lowest BCUT2D eigenvalue weighted by Gasteiger charge is -2.05. The van der Waals surface area contributed by atoms with Gasteiger partial charge in [0.25, 0.3) is 5.91 Å². The van der Waals surface area contributed by atoms with Crippen molar-refractivity contribution in [2.24, 2.45) is 0 Å². The predicted octanol–water partition coefficient (Wildman–Crippen LogP) is 0.843. The summed E-state index contributed by atoms with van der Waals surface area (Å²) < 4.78 is 0. The lowest BCUT2D eigenvalue weighted by Crippen LogP contribution is -2.38. The Labute approximate surface area is 117 Å². The number of ketones is 1. The van der Waals surface area contributed by atoms with Crippen LogP contribution >= 0.6 is 0 Å². The Morgan fingerprint density at radius 1 is 1.25 bits per heavy atom. The molecule has 0 saturated heterocycles. The van der Waals surface area contributed by atoms with E-state index in [9.17, 15) is 14.4 Å². The zero-order valence-electron chi connectivity index (χ0n) is 11.9. The Morgan fingerprint density at radius 3 is 2.40 bits per heavy atom. The van der Waals surface area contributed by atoms with Gasteiger partial charge in [0.05, 0.1) is 6.54 Å². The molecule has 1 aromatic heterocycles. The summed E-state index contributed by atoms with van der Waals surface area (Å²) in [6.45, 7) is 4.88. The van der Waals surface area contributed by atoms with Gasteiger partial charge < -0.3 is 15.6 Å². The zero-order valence-corrected chi connectivity index (χ0v) is 11.9. The van der Waals surface area contributed by atoms with E-state index in [2.05, 4.69) is 15.6 Å². The SMILES string of the molecule is CC(=O)c1c(C)[nH]c(C(=O)NCC(=O)NC2CC2)c1C. The molecule has 0 unspecified atom stereocenters. The molecular weight excluding hydrogens is 258 g/mol. The highest BCUT2D eigenvalue weighted by Gasteiger charge is 2.24. The number of amides is 2. The number of hydrogen-bond acceptors (Lipinski definition) is 3. The van der Waals surface area contributed by atoms with Gasteiger partial charge in [-0.2, -0.15) is 0 Å². The number of aryl methyl sites for hydroxylation is 1. The Balaban J connectivity index is 2.00. The van der Waals surface area contributed by atoms with Gasteiger partial charge in [-0.05, 0) is 39.2 Å². The van der Waals surface area contributed by atoms with Gasteiger partial charge in [-0.25, -0.2) is 0 Å². The normalized spacial score (nSPS) is 13.9. The van der Waals surface area contributed by atoms with E-state index in [1.807, 2.05) is 0 Å². The molecule has 2 rings (SSSR count). The van der Waals surface area contributed by atoms with Gasteiger partial charge >= 0.3 is 0 Å². The fraction of sp³-hybridized carbons (Fsp3) is 0.500. The highest BCUT2D eigenvalue weighted by Crippen LogP contribution is 2.19. The van der Waals surface area contributed by atoms with Crippen LogP contribution in [0.15, 0.2) is 0 Å². The van der Waals surface area contributed by atoms with Gasteiger partial charge in [-0.3, -0.25) is 14.4 Å². The summed E-state index contributed by atoms with van der Waals surface area (Å²) in [5.41, 5.74) is 2.17. The van der Waals surface area contributed by atoms with E-state index < -0.39 is 0 Å². The van der Waals surface area contributed by atoms with Crippen molar-refractivity contribution >= 4 is 17.6 Å². The first-order chi connectivity index (χ1) is 9.40. The second kappa shape index (κ2) is 5.48. The Hall–Kier alpha value is -2.11. The second-order valence-corrected chi connectivity index (χ2v) is 5.21. The van der Waals surface area contributed by atoms with Crippen LogP contribution < -0.4 is 10.6 Å². The monoisotopic (exact) mass is 277 g/mol. The van der Waals surface area contributed by atoms with Crippen LogP contribution in [0.3, 0.4) is 0 Å². The third-order valence-electron chi connectivity index (χ3n) is 3.37. The topological polar surface area (TPSA) is 91.1 Å². The van der Waals surface area contributed by atoms with Crippen molar-refractivity contribution in [3.63, 3.8) is 0 Å². The van der Waals surface area contributed by atoms with Crippen molar-refractivity contribution in [3.8, 4) is 0 Å². The third-order valence-corrected chi connectivity index (χ3v) is 3.37. The molecule has 1 aliphatic carbocycles. The zero-order chi connectivity index (χ0) is 14.9. The number of carbonyl (C=O) groups is 3. The van der Waals surface area contributed by atoms with Crippen molar-refractivity contribution in [2.45, 2.75) is 39.7 Å². The first-order valence-corrected chi connectivity index (χ1v) is 6.67. The summed E-state index contributed by atoms with van der Waals surface area (Å²) in [7, 11) is 0. The minimum atomic E-state index is -0.371. The van der Waals surface area contributed by atoms with Crippen LogP contribution in [-0.4, -0.2) is 35.2 Å². The fourth-order valence-corrected chi connectivity index (χ4v) is 2.26. The van der Waals surface area contributed by atoms with E-state index in [-0.39, 0.29) is 30.2 Å². The van der Waals surface area contributed by atoms with Crippen molar-refractivity contribution in [3.05, 3.63) is 22.5 Å². The van der Waals surface area contributed by atoms with Gasteiger partial charge in [0, 0.05) is 17.3 Å². The lowest BCUT2D eigenvalue weighted by molar-refractivity contribution is -0.120. The number of rotatable bonds is 5. The first-order valence-electron chi connectivity index (χ1n) is 6.67. The molecule has 6 heteroatoms. The summed E-state index contributed by atoms with van der Waals surface area (Å²) in [5.74, 6) is -0.639. The van der Waals surface area contributed by atoms with Crippen molar-refractivity contribution < 1.29 is 14.4 Å².